The Morgan fingerprint density at radius 1 is 0.660 bits per heavy atom. The lowest BCUT2D eigenvalue weighted by atomic mass is 10.1. The maximum absolute atomic E-state index is 12.4. The third kappa shape index (κ3) is 9.92. The first-order valence-corrected chi connectivity index (χ1v) is 17.2. The number of hydrogen-bond acceptors (Lipinski definition) is 16. The standard InChI is InChI=1S/C30H34N10O8S2/c1-7-15-47-29-35-25(33-27(37-29)39(3)4)31-21-13-11-19(23(17-21)49(41,42)43)9-10-20-12-14-22(18-24(20)50(44,45)46)32-26-34-28(40(5)6)38-30(36-26)48-16-8-2/h7-14,17-18H,1-2,15-16H2,3-6H3,(H,41,42,43)(H,44,45,46)(H,31,33,35,37)(H,32,34,36,38)/b10-9+. The summed E-state index contributed by atoms with van der Waals surface area (Å²) in [7, 11) is -2.77. The molecule has 4 N–H and O–H groups in total. The Labute approximate surface area is 288 Å². The van der Waals surface area contributed by atoms with E-state index in [0.29, 0.717) is 0 Å². The molecule has 2 heterocycles. The zero-order valence-corrected chi connectivity index (χ0v) is 29.0. The first-order chi connectivity index (χ1) is 23.6. The molecule has 0 unspecified atom stereocenters. The van der Waals surface area contributed by atoms with Crippen molar-refractivity contribution in [3.8, 4) is 12.0 Å². The Hall–Kier alpha value is -5.70. The first kappa shape index (κ1) is 37.1. The number of ether oxygens (including phenoxy) is 2. The lowest BCUT2D eigenvalue weighted by Crippen LogP contribution is -2.15. The van der Waals surface area contributed by atoms with Crippen molar-refractivity contribution in [1.29, 1.82) is 0 Å². The van der Waals surface area contributed by atoms with E-state index < -0.39 is 30.0 Å². The van der Waals surface area contributed by atoms with Gasteiger partial charge in [-0.1, -0.05) is 49.6 Å². The fourth-order valence-corrected chi connectivity index (χ4v) is 5.40. The van der Waals surface area contributed by atoms with Crippen molar-refractivity contribution >= 4 is 67.6 Å². The van der Waals surface area contributed by atoms with Gasteiger partial charge in [0.15, 0.2) is 0 Å². The summed E-state index contributed by atoms with van der Waals surface area (Å²) < 4.78 is 80.6. The summed E-state index contributed by atoms with van der Waals surface area (Å²) in [5.74, 6) is 0.547. The minimum absolute atomic E-state index is 0.00498. The van der Waals surface area contributed by atoms with E-state index in [1.165, 1.54) is 48.6 Å². The molecule has 0 amide bonds. The summed E-state index contributed by atoms with van der Waals surface area (Å²) in [5, 5.41) is 5.73. The highest BCUT2D eigenvalue weighted by molar-refractivity contribution is 7.86. The average molecular weight is 727 g/mol. The van der Waals surface area contributed by atoms with Crippen LogP contribution in [0.2, 0.25) is 0 Å². The van der Waals surface area contributed by atoms with Gasteiger partial charge in [-0.3, -0.25) is 9.11 Å². The van der Waals surface area contributed by atoms with E-state index in [4.69, 9.17) is 9.47 Å². The summed E-state index contributed by atoms with van der Waals surface area (Å²) in [6.07, 6.45) is 5.54. The molecule has 2 aromatic carbocycles. The lowest BCUT2D eigenvalue weighted by Gasteiger charge is -2.14. The van der Waals surface area contributed by atoms with Crippen molar-refractivity contribution in [2.45, 2.75) is 9.79 Å². The largest absolute Gasteiger partial charge is 0.459 e. The van der Waals surface area contributed by atoms with Gasteiger partial charge in [0.25, 0.3) is 20.2 Å². The summed E-state index contributed by atoms with van der Waals surface area (Å²) in [6, 6.07) is 7.96. The van der Waals surface area contributed by atoms with Crippen LogP contribution in [0.25, 0.3) is 12.2 Å². The fraction of sp³-hybridized carbons (Fsp3) is 0.200. The minimum atomic E-state index is -4.80. The summed E-state index contributed by atoms with van der Waals surface area (Å²) in [4.78, 5) is 27.4. The monoisotopic (exact) mass is 726 g/mol. The van der Waals surface area contributed by atoms with Gasteiger partial charge in [-0.2, -0.15) is 46.7 Å². The van der Waals surface area contributed by atoms with Crippen LogP contribution < -0.4 is 29.9 Å². The predicted molar refractivity (Wildman–Crippen MR) is 188 cm³/mol. The molecule has 0 atom stereocenters. The van der Waals surface area contributed by atoms with Gasteiger partial charge in [-0.25, -0.2) is 0 Å². The summed E-state index contributed by atoms with van der Waals surface area (Å²) in [6.45, 7) is 7.43. The maximum Gasteiger partial charge on any atom is 0.323 e. The maximum atomic E-state index is 12.4. The van der Waals surface area contributed by atoms with E-state index in [2.05, 4.69) is 53.7 Å². The molecule has 20 heteroatoms. The molecule has 0 aliphatic rings. The molecular formula is C30H34N10O8S2. The first-order valence-electron chi connectivity index (χ1n) is 14.4. The molecule has 0 radical (unpaired) electrons. The van der Waals surface area contributed by atoms with Crippen LogP contribution in [0.5, 0.6) is 12.0 Å². The summed E-state index contributed by atoms with van der Waals surface area (Å²) >= 11 is 0. The number of benzene rings is 2. The summed E-state index contributed by atoms with van der Waals surface area (Å²) in [5.41, 5.74) is 0.357. The SMILES string of the molecule is C=CCOc1nc(Nc2ccc(/C=C/c3ccc(Nc4nc(OCC=C)nc(N(C)C)n4)cc3S(=O)(=O)O)c(S(=O)(=O)O)c2)nc(N(C)C)n1. The second-order valence-corrected chi connectivity index (χ2v) is 13.3. The van der Waals surface area contributed by atoms with Gasteiger partial charge in [0.1, 0.15) is 23.0 Å². The average Bonchev–Trinajstić information content (AvgIpc) is 3.05. The highest BCUT2D eigenvalue weighted by atomic mass is 32.2. The third-order valence-electron chi connectivity index (χ3n) is 6.20. The fourth-order valence-electron chi connectivity index (χ4n) is 3.98. The van der Waals surface area contributed by atoms with Crippen molar-refractivity contribution < 1.29 is 35.4 Å². The zero-order valence-electron chi connectivity index (χ0n) is 27.3. The normalized spacial score (nSPS) is 11.6. The molecule has 0 saturated carbocycles. The molecule has 50 heavy (non-hydrogen) atoms. The molecule has 4 rings (SSSR count). The van der Waals surface area contributed by atoms with Crippen LogP contribution in [0, 0.1) is 0 Å². The molecule has 18 nitrogen and oxygen atoms in total. The Balaban J connectivity index is 1.67. The van der Waals surface area contributed by atoms with Gasteiger partial charge < -0.3 is 29.9 Å². The van der Waals surface area contributed by atoms with E-state index in [1.807, 2.05) is 0 Å². The van der Waals surface area contributed by atoms with Crippen LogP contribution in [0.4, 0.5) is 35.2 Å². The zero-order chi connectivity index (χ0) is 36.6. The van der Waals surface area contributed by atoms with Crippen LogP contribution in [0.1, 0.15) is 11.1 Å². The quantitative estimate of drug-likeness (QED) is 0.0735. The van der Waals surface area contributed by atoms with Crippen molar-refractivity contribution in [3.63, 3.8) is 0 Å². The smallest absolute Gasteiger partial charge is 0.323 e. The lowest BCUT2D eigenvalue weighted by molar-refractivity contribution is 0.332. The van der Waals surface area contributed by atoms with Gasteiger partial charge in [-0.05, 0) is 35.4 Å². The Bertz CT molecular complexity index is 1990. The van der Waals surface area contributed by atoms with Gasteiger partial charge in [0, 0.05) is 39.6 Å². The molecule has 0 aliphatic carbocycles. The van der Waals surface area contributed by atoms with E-state index >= 15 is 0 Å². The van der Waals surface area contributed by atoms with Crippen LogP contribution in [-0.2, 0) is 20.2 Å². The molecular weight excluding hydrogens is 693 g/mol. The number of rotatable bonds is 16. The van der Waals surface area contributed by atoms with Crippen molar-refractivity contribution in [1.82, 2.24) is 29.9 Å². The van der Waals surface area contributed by atoms with Crippen molar-refractivity contribution in [3.05, 3.63) is 72.8 Å². The van der Waals surface area contributed by atoms with Gasteiger partial charge in [0.05, 0.1) is 0 Å². The van der Waals surface area contributed by atoms with Crippen LogP contribution in [0.3, 0.4) is 0 Å². The molecule has 0 saturated heterocycles. The highest BCUT2D eigenvalue weighted by Crippen LogP contribution is 2.28. The molecule has 0 spiro atoms. The van der Waals surface area contributed by atoms with Crippen LogP contribution in [-0.4, -0.2) is 97.2 Å². The third-order valence-corrected chi connectivity index (χ3v) is 8.02. The topological polar surface area (TPSA) is 235 Å². The molecule has 264 valence electrons. The number of aromatic nitrogens is 6. The van der Waals surface area contributed by atoms with Crippen molar-refractivity contribution in [2.75, 3.05) is 61.8 Å². The van der Waals surface area contributed by atoms with Gasteiger partial charge in [-0.15, -0.1) is 0 Å². The highest BCUT2D eigenvalue weighted by Gasteiger charge is 2.19. The number of nitrogens with zero attached hydrogens (tertiary/aromatic N) is 8. The Morgan fingerprint density at radius 2 is 1.04 bits per heavy atom. The second kappa shape index (κ2) is 15.7. The van der Waals surface area contributed by atoms with Crippen LogP contribution >= 0.6 is 0 Å². The van der Waals surface area contributed by atoms with E-state index in [-0.39, 0.29) is 71.5 Å². The second-order valence-electron chi connectivity index (χ2n) is 10.5. The Kier molecular flexibility index (Phi) is 11.6. The number of hydrogen-bond donors (Lipinski definition) is 4. The van der Waals surface area contributed by atoms with E-state index in [0.717, 1.165) is 12.1 Å². The molecule has 2 aromatic heterocycles. The minimum Gasteiger partial charge on any atom is -0.459 e. The van der Waals surface area contributed by atoms with Gasteiger partial charge >= 0.3 is 12.0 Å². The number of anilines is 6. The van der Waals surface area contributed by atoms with E-state index in [1.54, 1.807) is 38.0 Å². The molecule has 0 aliphatic heterocycles. The van der Waals surface area contributed by atoms with Crippen molar-refractivity contribution in [2.24, 2.45) is 0 Å². The van der Waals surface area contributed by atoms with Crippen LogP contribution in [0.15, 0.2) is 71.5 Å². The number of nitrogens with one attached hydrogen (secondary N) is 2. The predicted octanol–water partition coefficient (Wildman–Crippen LogP) is 3.47. The van der Waals surface area contributed by atoms with E-state index in [9.17, 15) is 25.9 Å². The Morgan fingerprint density at radius 3 is 1.36 bits per heavy atom. The molecule has 0 fully saturated rings. The van der Waals surface area contributed by atoms with Gasteiger partial charge in [0.2, 0.25) is 23.8 Å². The molecule has 4 aromatic rings. The molecule has 0 bridgehead atoms.